The van der Waals surface area contributed by atoms with Crippen molar-refractivity contribution in [3.63, 3.8) is 0 Å². The fourth-order valence-corrected chi connectivity index (χ4v) is 11.0. The Hall–Kier alpha value is -1.55. The second kappa shape index (κ2) is 16.7. The van der Waals surface area contributed by atoms with Gasteiger partial charge in [-0.3, -0.25) is 0 Å². The number of allylic oxidation sites excluding steroid dienone is 5. The van der Waals surface area contributed by atoms with Crippen molar-refractivity contribution in [2.75, 3.05) is 13.9 Å². The van der Waals surface area contributed by atoms with E-state index in [1.807, 2.05) is 0 Å². The molecular formula is C46H76O4Si2. The highest BCUT2D eigenvalue weighted by atomic mass is 28.4. The van der Waals surface area contributed by atoms with Gasteiger partial charge in [0.1, 0.15) is 6.79 Å². The summed E-state index contributed by atoms with van der Waals surface area (Å²) in [4.78, 5) is 0. The first-order valence-corrected chi connectivity index (χ1v) is 26.2. The largest absolute Gasteiger partial charge is 0.413 e. The van der Waals surface area contributed by atoms with Crippen LogP contribution >= 0.6 is 0 Å². The normalized spacial score (nSPS) is 27.2. The summed E-state index contributed by atoms with van der Waals surface area (Å²) in [6.45, 7) is 35.6. The maximum atomic E-state index is 7.14. The van der Waals surface area contributed by atoms with Crippen molar-refractivity contribution < 1.29 is 18.3 Å². The zero-order valence-corrected chi connectivity index (χ0v) is 37.8. The summed E-state index contributed by atoms with van der Waals surface area (Å²) >= 11 is 0. The van der Waals surface area contributed by atoms with Crippen LogP contribution in [0.1, 0.15) is 132 Å². The van der Waals surface area contributed by atoms with Crippen molar-refractivity contribution in [2.45, 2.75) is 180 Å². The molecule has 0 spiro atoms. The fraction of sp³-hybridized carbons (Fsp3) is 0.696. The lowest BCUT2D eigenvalue weighted by molar-refractivity contribution is -0.117. The second-order valence-corrected chi connectivity index (χ2v) is 29.7. The molecular weight excluding hydrogens is 673 g/mol. The Balaban J connectivity index is 1.61. The lowest BCUT2D eigenvalue weighted by Crippen LogP contribution is -2.49. The van der Waals surface area contributed by atoms with Crippen molar-refractivity contribution in [2.24, 2.45) is 11.3 Å². The summed E-state index contributed by atoms with van der Waals surface area (Å²) in [5, 5.41) is 0.298. The van der Waals surface area contributed by atoms with E-state index in [-0.39, 0.29) is 33.3 Å². The summed E-state index contributed by atoms with van der Waals surface area (Å²) in [5.74, 6) is 0.961. The molecule has 0 bridgehead atoms. The van der Waals surface area contributed by atoms with Crippen LogP contribution in [0.2, 0.25) is 36.3 Å². The second-order valence-electron chi connectivity index (χ2n) is 20.2. The number of methoxy groups -OCH3 is 1. The molecule has 52 heavy (non-hydrogen) atoms. The number of hydrogen-bond acceptors (Lipinski definition) is 4. The Kier molecular flexibility index (Phi) is 13.8. The summed E-state index contributed by atoms with van der Waals surface area (Å²) in [7, 11) is -2.28. The molecule has 1 aromatic carbocycles. The van der Waals surface area contributed by atoms with E-state index < -0.39 is 16.6 Å². The highest BCUT2D eigenvalue weighted by molar-refractivity contribution is 6.74. The first-order chi connectivity index (χ1) is 24.0. The van der Waals surface area contributed by atoms with Gasteiger partial charge in [-0.25, -0.2) is 0 Å². The van der Waals surface area contributed by atoms with E-state index in [4.69, 9.17) is 24.9 Å². The van der Waals surface area contributed by atoms with Gasteiger partial charge in [-0.2, -0.15) is 0 Å². The minimum atomic E-state index is -2.01. The number of benzene rings is 1. The van der Waals surface area contributed by atoms with Crippen LogP contribution in [0, 0.1) is 11.3 Å². The van der Waals surface area contributed by atoms with Gasteiger partial charge in [0.15, 0.2) is 16.6 Å². The lowest BCUT2D eigenvalue weighted by Gasteiger charge is -2.45. The number of fused-ring (bicyclic) bond motifs is 1. The van der Waals surface area contributed by atoms with Crippen molar-refractivity contribution in [3.05, 3.63) is 83.0 Å². The minimum Gasteiger partial charge on any atom is -0.413 e. The van der Waals surface area contributed by atoms with E-state index in [2.05, 4.69) is 137 Å². The van der Waals surface area contributed by atoms with Crippen LogP contribution in [0.3, 0.4) is 0 Å². The smallest absolute Gasteiger partial charge is 0.192 e. The Bertz CT molecular complexity index is 1450. The number of hydrogen-bond donors (Lipinski definition) is 0. The predicted molar refractivity (Wildman–Crippen MR) is 227 cm³/mol. The molecule has 0 unspecified atom stereocenters. The molecule has 2 fully saturated rings. The third-order valence-electron chi connectivity index (χ3n) is 13.8. The van der Waals surface area contributed by atoms with E-state index in [0.29, 0.717) is 18.6 Å². The van der Waals surface area contributed by atoms with E-state index in [1.54, 1.807) is 18.3 Å². The van der Waals surface area contributed by atoms with Crippen LogP contribution in [0.25, 0.3) is 0 Å². The van der Waals surface area contributed by atoms with Crippen LogP contribution in [-0.2, 0) is 18.3 Å². The quantitative estimate of drug-likeness (QED) is 0.108. The first-order valence-electron chi connectivity index (χ1n) is 20.3. The van der Waals surface area contributed by atoms with Crippen LogP contribution in [0.15, 0.2) is 77.4 Å². The molecule has 4 nitrogen and oxygen atoms in total. The van der Waals surface area contributed by atoms with Gasteiger partial charge in [-0.05, 0) is 130 Å². The number of rotatable bonds is 14. The molecule has 0 radical (unpaired) electrons. The van der Waals surface area contributed by atoms with Crippen LogP contribution in [-0.4, -0.2) is 48.3 Å². The average molecular weight is 749 g/mol. The SMILES string of the molecule is C=C1/C(=C\C=C2\CCC[C@]3(C)C([C@H](CCCC(C)(C)OCOC)c4ccccc4)=CC[C@@H]23)C[C@@H](O[Si](C)(C)C(C)(C)C)C[C@@H]1O[Si](C)(C)C(C)(C)C. The zero-order valence-electron chi connectivity index (χ0n) is 35.8. The highest BCUT2D eigenvalue weighted by Gasteiger charge is 2.48. The molecule has 292 valence electrons. The Labute approximate surface area is 322 Å². The van der Waals surface area contributed by atoms with E-state index in [0.717, 1.165) is 38.5 Å². The van der Waals surface area contributed by atoms with E-state index in [1.165, 1.54) is 36.0 Å². The zero-order chi connectivity index (χ0) is 38.8. The molecule has 6 heteroatoms. The fourth-order valence-electron chi connectivity index (χ4n) is 8.37. The van der Waals surface area contributed by atoms with Crippen molar-refractivity contribution >= 4 is 16.6 Å². The summed E-state index contributed by atoms with van der Waals surface area (Å²) in [5.41, 5.74) is 7.17. The van der Waals surface area contributed by atoms with Gasteiger partial charge in [0.2, 0.25) is 0 Å². The van der Waals surface area contributed by atoms with Gasteiger partial charge >= 0.3 is 0 Å². The maximum absolute atomic E-state index is 7.14. The van der Waals surface area contributed by atoms with Crippen LogP contribution in [0.4, 0.5) is 0 Å². The Morgan fingerprint density at radius 2 is 1.56 bits per heavy atom. The van der Waals surface area contributed by atoms with Gasteiger partial charge in [0, 0.05) is 19.4 Å². The van der Waals surface area contributed by atoms with Crippen molar-refractivity contribution in [3.8, 4) is 0 Å². The molecule has 0 heterocycles. The third-order valence-corrected chi connectivity index (χ3v) is 22.8. The monoisotopic (exact) mass is 749 g/mol. The molecule has 0 aromatic heterocycles. The van der Waals surface area contributed by atoms with Gasteiger partial charge in [-0.15, -0.1) is 0 Å². The van der Waals surface area contributed by atoms with Gasteiger partial charge in [-0.1, -0.05) is 115 Å². The summed E-state index contributed by atoms with van der Waals surface area (Å²) < 4.78 is 25.5. The Morgan fingerprint density at radius 3 is 2.17 bits per heavy atom. The maximum Gasteiger partial charge on any atom is 0.192 e. The minimum absolute atomic E-state index is 0.00179. The average Bonchev–Trinajstić information content (AvgIpc) is 3.39. The molecule has 0 saturated heterocycles. The van der Waals surface area contributed by atoms with Gasteiger partial charge < -0.3 is 18.3 Å². The molecule has 3 aliphatic rings. The standard InChI is InChI=1S/C46H76O4Si2/c1-34-37(31-38(49-51(12,13)43(2,3)4)32-42(34)50-52(14,15)44(5,6)7)26-25-36-23-19-30-46(10)40(36)27-28-41(46)39(35-21-17-16-18-22-35)24-20-29-45(8,9)48-33-47-11/h16-18,21-22,25-26,28,38-40,42H,1,19-20,23-24,27,29-33H2,2-15H3/b36-25-,37-26-/t38-,39-,40+,42+,46+/m1/s1. The molecule has 4 rings (SSSR count). The highest BCUT2D eigenvalue weighted by Crippen LogP contribution is 2.59. The molecule has 5 atom stereocenters. The van der Waals surface area contributed by atoms with Gasteiger partial charge in [0.05, 0.1) is 17.8 Å². The molecule has 3 aliphatic carbocycles. The van der Waals surface area contributed by atoms with Crippen LogP contribution < -0.4 is 0 Å². The van der Waals surface area contributed by atoms with Crippen molar-refractivity contribution in [1.82, 2.24) is 0 Å². The molecule has 0 amide bonds. The third kappa shape index (κ3) is 10.2. The van der Waals surface area contributed by atoms with Gasteiger partial charge in [0.25, 0.3) is 0 Å². The summed E-state index contributed by atoms with van der Waals surface area (Å²) in [6, 6.07) is 11.3. The Morgan fingerprint density at radius 1 is 0.923 bits per heavy atom. The molecule has 0 N–H and O–H groups in total. The van der Waals surface area contributed by atoms with Crippen LogP contribution in [0.5, 0.6) is 0 Å². The number of ether oxygens (including phenoxy) is 2. The molecule has 0 aliphatic heterocycles. The first kappa shape index (κ1) is 43.2. The van der Waals surface area contributed by atoms with Crippen molar-refractivity contribution in [1.29, 1.82) is 0 Å². The lowest BCUT2D eigenvalue weighted by atomic mass is 9.61. The summed E-state index contributed by atoms with van der Waals surface area (Å²) in [6.07, 6.45) is 17.6. The van der Waals surface area contributed by atoms with E-state index in [9.17, 15) is 0 Å². The molecule has 1 aromatic rings. The topological polar surface area (TPSA) is 36.9 Å². The molecule has 2 saturated carbocycles. The predicted octanol–water partition coefficient (Wildman–Crippen LogP) is 13.5. The van der Waals surface area contributed by atoms with E-state index >= 15 is 0 Å².